The number of H-pyrrole nitrogens is 1. The summed E-state index contributed by atoms with van der Waals surface area (Å²) in [4.78, 5) is 15.0. The van der Waals surface area contributed by atoms with Crippen molar-refractivity contribution in [2.24, 2.45) is 0 Å². The fourth-order valence-electron chi connectivity index (χ4n) is 1.07. The van der Waals surface area contributed by atoms with Crippen molar-refractivity contribution < 1.29 is 9.53 Å². The summed E-state index contributed by atoms with van der Waals surface area (Å²) >= 11 is 0. The van der Waals surface area contributed by atoms with Gasteiger partial charge in [0.05, 0.1) is 6.10 Å². The van der Waals surface area contributed by atoms with Crippen LogP contribution in [0.3, 0.4) is 0 Å². The lowest BCUT2D eigenvalue weighted by atomic mass is 10.2. The lowest BCUT2D eigenvalue weighted by Crippen LogP contribution is -2.16. The maximum Gasteiger partial charge on any atom is 0.376 e. The largest absolute Gasteiger partial charge is 0.457 e. The molecule has 0 aliphatic rings. The number of hydrogen-bond donors (Lipinski definition) is 2. The molecule has 1 unspecified atom stereocenters. The predicted octanol–water partition coefficient (Wildman–Crippen LogP) is 0.732. The molecule has 0 aliphatic carbocycles. The SMILES string of the molecule is CCCC(C)OC(=O)c1nc(N)n[nH]1. The summed E-state index contributed by atoms with van der Waals surface area (Å²) in [6.45, 7) is 3.86. The molecule has 0 radical (unpaired) electrons. The number of aromatic nitrogens is 3. The minimum atomic E-state index is -0.518. The highest BCUT2D eigenvalue weighted by Crippen LogP contribution is 2.04. The van der Waals surface area contributed by atoms with Gasteiger partial charge < -0.3 is 10.5 Å². The Hall–Kier alpha value is -1.59. The Labute approximate surface area is 81.9 Å². The number of nitrogens with zero attached hydrogens (tertiary/aromatic N) is 2. The first-order valence-corrected chi connectivity index (χ1v) is 4.52. The number of nitrogens with two attached hydrogens (primary N) is 1. The van der Waals surface area contributed by atoms with E-state index in [4.69, 9.17) is 10.5 Å². The standard InChI is InChI=1S/C8H14N4O2/c1-3-4-5(2)14-7(13)6-10-8(9)12-11-6/h5H,3-4H2,1-2H3,(H3,9,10,11,12). The lowest BCUT2D eigenvalue weighted by molar-refractivity contribution is 0.0309. The zero-order valence-corrected chi connectivity index (χ0v) is 8.28. The summed E-state index contributed by atoms with van der Waals surface area (Å²) in [7, 11) is 0. The van der Waals surface area contributed by atoms with Crippen molar-refractivity contribution >= 4 is 11.9 Å². The van der Waals surface area contributed by atoms with E-state index in [0.717, 1.165) is 12.8 Å². The van der Waals surface area contributed by atoms with Crippen molar-refractivity contribution in [3.8, 4) is 0 Å². The molecule has 0 saturated heterocycles. The first-order valence-electron chi connectivity index (χ1n) is 4.52. The van der Waals surface area contributed by atoms with Gasteiger partial charge in [-0.2, -0.15) is 4.98 Å². The number of anilines is 1. The highest BCUT2D eigenvalue weighted by Gasteiger charge is 2.14. The summed E-state index contributed by atoms with van der Waals surface area (Å²) in [5.41, 5.74) is 5.24. The van der Waals surface area contributed by atoms with Crippen LogP contribution in [0.2, 0.25) is 0 Å². The second-order valence-corrected chi connectivity index (χ2v) is 3.05. The summed E-state index contributed by atoms with van der Waals surface area (Å²) in [5, 5.41) is 5.92. The molecule has 0 bridgehead atoms. The van der Waals surface area contributed by atoms with Gasteiger partial charge in [-0.05, 0) is 13.3 Å². The molecule has 1 aromatic heterocycles. The normalized spacial score (nSPS) is 12.4. The van der Waals surface area contributed by atoms with Crippen LogP contribution in [0.1, 0.15) is 37.3 Å². The number of rotatable bonds is 4. The Morgan fingerprint density at radius 2 is 2.43 bits per heavy atom. The molecule has 0 aromatic carbocycles. The zero-order chi connectivity index (χ0) is 10.6. The van der Waals surface area contributed by atoms with Gasteiger partial charge in [0.1, 0.15) is 0 Å². The van der Waals surface area contributed by atoms with Crippen LogP contribution in [0, 0.1) is 0 Å². The van der Waals surface area contributed by atoms with Crippen LogP contribution < -0.4 is 5.73 Å². The number of aromatic amines is 1. The zero-order valence-electron chi connectivity index (χ0n) is 8.28. The number of ether oxygens (including phenoxy) is 1. The quantitative estimate of drug-likeness (QED) is 0.695. The molecule has 1 heterocycles. The van der Waals surface area contributed by atoms with Gasteiger partial charge in [0.15, 0.2) is 0 Å². The summed E-state index contributed by atoms with van der Waals surface area (Å²) in [6.07, 6.45) is 1.68. The number of hydrogen-bond acceptors (Lipinski definition) is 5. The molecule has 78 valence electrons. The Kier molecular flexibility index (Phi) is 3.44. The van der Waals surface area contributed by atoms with Crippen molar-refractivity contribution in [3.05, 3.63) is 5.82 Å². The van der Waals surface area contributed by atoms with Crippen molar-refractivity contribution in [1.29, 1.82) is 0 Å². The highest BCUT2D eigenvalue weighted by atomic mass is 16.5. The maximum absolute atomic E-state index is 11.3. The van der Waals surface area contributed by atoms with Gasteiger partial charge in [-0.1, -0.05) is 13.3 Å². The summed E-state index contributed by atoms with van der Waals surface area (Å²) < 4.78 is 5.06. The van der Waals surface area contributed by atoms with Crippen LogP contribution in [0.4, 0.5) is 5.95 Å². The van der Waals surface area contributed by atoms with Crippen LogP contribution in [0.5, 0.6) is 0 Å². The molecule has 0 amide bonds. The molecule has 1 rings (SSSR count). The molecule has 1 aromatic rings. The average Bonchev–Trinajstić information content (AvgIpc) is 2.52. The van der Waals surface area contributed by atoms with Crippen LogP contribution in [0.25, 0.3) is 0 Å². The molecule has 1 atom stereocenters. The van der Waals surface area contributed by atoms with E-state index in [1.54, 1.807) is 0 Å². The van der Waals surface area contributed by atoms with E-state index in [0.29, 0.717) is 0 Å². The van der Waals surface area contributed by atoms with Gasteiger partial charge in [0.25, 0.3) is 0 Å². The van der Waals surface area contributed by atoms with E-state index in [9.17, 15) is 4.79 Å². The van der Waals surface area contributed by atoms with Crippen molar-refractivity contribution in [3.63, 3.8) is 0 Å². The average molecular weight is 198 g/mol. The van der Waals surface area contributed by atoms with Gasteiger partial charge in [0, 0.05) is 0 Å². The van der Waals surface area contributed by atoms with Crippen LogP contribution in [-0.2, 0) is 4.74 Å². The van der Waals surface area contributed by atoms with E-state index in [-0.39, 0.29) is 17.9 Å². The number of esters is 1. The second kappa shape index (κ2) is 4.59. The van der Waals surface area contributed by atoms with Crippen molar-refractivity contribution in [1.82, 2.24) is 15.2 Å². The number of nitrogens with one attached hydrogen (secondary N) is 1. The third-order valence-corrected chi connectivity index (χ3v) is 1.70. The van der Waals surface area contributed by atoms with E-state index < -0.39 is 5.97 Å². The number of carbonyl (C=O) groups excluding carboxylic acids is 1. The van der Waals surface area contributed by atoms with E-state index in [1.807, 2.05) is 13.8 Å². The Morgan fingerprint density at radius 3 is 2.93 bits per heavy atom. The van der Waals surface area contributed by atoms with E-state index in [1.165, 1.54) is 0 Å². The van der Waals surface area contributed by atoms with E-state index >= 15 is 0 Å². The smallest absolute Gasteiger partial charge is 0.376 e. The predicted molar refractivity (Wildman–Crippen MR) is 50.6 cm³/mol. The van der Waals surface area contributed by atoms with Crippen LogP contribution >= 0.6 is 0 Å². The molecule has 14 heavy (non-hydrogen) atoms. The van der Waals surface area contributed by atoms with Gasteiger partial charge in [-0.15, -0.1) is 5.10 Å². The van der Waals surface area contributed by atoms with Gasteiger partial charge >= 0.3 is 5.97 Å². The molecule has 6 heteroatoms. The number of nitrogen functional groups attached to an aromatic ring is 1. The lowest BCUT2D eigenvalue weighted by Gasteiger charge is -2.09. The minimum Gasteiger partial charge on any atom is -0.457 e. The third kappa shape index (κ3) is 2.72. The van der Waals surface area contributed by atoms with Crippen LogP contribution in [-0.4, -0.2) is 27.3 Å². The molecular weight excluding hydrogens is 184 g/mol. The fourth-order valence-corrected chi connectivity index (χ4v) is 1.07. The van der Waals surface area contributed by atoms with E-state index in [2.05, 4.69) is 15.2 Å². The molecule has 0 spiro atoms. The Bertz CT molecular complexity index is 310. The first-order chi connectivity index (χ1) is 6.63. The Morgan fingerprint density at radius 1 is 1.71 bits per heavy atom. The molecule has 6 nitrogen and oxygen atoms in total. The van der Waals surface area contributed by atoms with Gasteiger partial charge in [-0.25, -0.2) is 4.79 Å². The summed E-state index contributed by atoms with van der Waals surface area (Å²) in [6, 6.07) is 0. The molecule has 3 N–H and O–H groups in total. The van der Waals surface area contributed by atoms with Crippen molar-refractivity contribution in [2.45, 2.75) is 32.8 Å². The first kappa shape index (κ1) is 10.5. The number of carbonyl (C=O) groups is 1. The molecular formula is C8H14N4O2. The Balaban J connectivity index is 2.50. The molecule has 0 aliphatic heterocycles. The topological polar surface area (TPSA) is 93.9 Å². The maximum atomic E-state index is 11.3. The van der Waals surface area contributed by atoms with Gasteiger partial charge in [0.2, 0.25) is 11.8 Å². The third-order valence-electron chi connectivity index (χ3n) is 1.70. The molecule has 0 fully saturated rings. The van der Waals surface area contributed by atoms with Gasteiger partial charge in [-0.3, -0.25) is 5.10 Å². The van der Waals surface area contributed by atoms with Crippen LogP contribution in [0.15, 0.2) is 0 Å². The summed E-state index contributed by atoms with van der Waals surface area (Å²) in [5.74, 6) is -0.430. The minimum absolute atomic E-state index is 0.0418. The second-order valence-electron chi connectivity index (χ2n) is 3.05. The van der Waals surface area contributed by atoms with Crippen molar-refractivity contribution in [2.75, 3.05) is 5.73 Å². The fraction of sp³-hybridized carbons (Fsp3) is 0.625. The monoisotopic (exact) mass is 198 g/mol. The molecule has 0 saturated carbocycles. The highest BCUT2D eigenvalue weighted by molar-refractivity contribution is 5.85.